The van der Waals surface area contributed by atoms with Gasteiger partial charge in [0, 0.05) is 25.7 Å². The number of hydrogen-bond donors (Lipinski definition) is 1. The molecule has 4 atom stereocenters. The highest BCUT2D eigenvalue weighted by molar-refractivity contribution is 6.08. The maximum atomic E-state index is 13.4. The Labute approximate surface area is 192 Å². The van der Waals surface area contributed by atoms with Crippen LogP contribution in [-0.4, -0.2) is 72.5 Å². The zero-order valence-electron chi connectivity index (χ0n) is 20.2. The molecule has 2 aliphatic heterocycles. The number of fused-ring (bicyclic) bond motifs is 1. The van der Waals surface area contributed by atoms with Crippen LogP contribution in [0.3, 0.4) is 0 Å². The van der Waals surface area contributed by atoms with Gasteiger partial charge >= 0.3 is 0 Å². The van der Waals surface area contributed by atoms with Gasteiger partial charge in [-0.3, -0.25) is 24.2 Å². The minimum atomic E-state index is -0.729. The van der Waals surface area contributed by atoms with Crippen LogP contribution in [-0.2, 0) is 19.1 Å². The zero-order chi connectivity index (χ0) is 23.3. The molecule has 0 aromatic rings. The first-order valence-corrected chi connectivity index (χ1v) is 12.5. The number of imide groups is 1. The van der Waals surface area contributed by atoms with E-state index >= 15 is 0 Å². The second-order valence-electron chi connectivity index (χ2n) is 9.89. The summed E-state index contributed by atoms with van der Waals surface area (Å²) >= 11 is 0. The Balaban J connectivity index is 1.73. The van der Waals surface area contributed by atoms with Crippen LogP contribution in [0.4, 0.5) is 0 Å². The van der Waals surface area contributed by atoms with Crippen LogP contribution >= 0.6 is 0 Å². The minimum Gasteiger partial charge on any atom is -0.379 e. The molecule has 180 valence electrons. The lowest BCUT2D eigenvalue weighted by Gasteiger charge is -2.39. The topological polar surface area (TPSA) is 79.0 Å². The molecule has 1 aliphatic carbocycles. The largest absolute Gasteiger partial charge is 0.379 e. The van der Waals surface area contributed by atoms with Crippen molar-refractivity contribution in [2.45, 2.75) is 71.9 Å². The van der Waals surface area contributed by atoms with Crippen LogP contribution in [0.15, 0.2) is 12.2 Å². The van der Waals surface area contributed by atoms with Crippen molar-refractivity contribution in [1.29, 1.82) is 0 Å². The van der Waals surface area contributed by atoms with Crippen molar-refractivity contribution in [3.8, 4) is 0 Å². The molecule has 0 spiro atoms. The van der Waals surface area contributed by atoms with Gasteiger partial charge in [0.05, 0.1) is 25.0 Å². The quantitative estimate of drug-likeness (QED) is 0.411. The lowest BCUT2D eigenvalue weighted by atomic mass is 9.85. The molecule has 3 rings (SSSR count). The Bertz CT molecular complexity index is 671. The highest BCUT2D eigenvalue weighted by Gasteiger charge is 2.51. The number of hydrogen-bond acceptors (Lipinski definition) is 5. The molecule has 3 aliphatic rings. The summed E-state index contributed by atoms with van der Waals surface area (Å²) in [4.78, 5) is 43.4. The van der Waals surface area contributed by atoms with Gasteiger partial charge in [0.25, 0.3) is 0 Å². The van der Waals surface area contributed by atoms with E-state index in [0.29, 0.717) is 44.9 Å². The summed E-state index contributed by atoms with van der Waals surface area (Å²) in [6.45, 7) is 12.1. The molecule has 0 bridgehead atoms. The number of carbonyl (C=O) groups is 3. The maximum Gasteiger partial charge on any atom is 0.243 e. The summed E-state index contributed by atoms with van der Waals surface area (Å²) in [6.07, 6.45) is 7.73. The Morgan fingerprint density at radius 3 is 2.12 bits per heavy atom. The second kappa shape index (κ2) is 11.4. The SMILES string of the molecule is CCC(CC)[C@H](CNC(=O)[C@H](CC(C)C)N1C(=O)[C@H]2CC=CC[C@@H]2C1=O)N1CCOCC1. The molecule has 0 aromatic heterocycles. The van der Waals surface area contributed by atoms with Gasteiger partial charge in [-0.1, -0.05) is 52.7 Å². The smallest absolute Gasteiger partial charge is 0.243 e. The van der Waals surface area contributed by atoms with E-state index in [-0.39, 0.29) is 41.5 Å². The van der Waals surface area contributed by atoms with Crippen molar-refractivity contribution >= 4 is 17.7 Å². The Morgan fingerprint density at radius 2 is 1.62 bits per heavy atom. The summed E-state index contributed by atoms with van der Waals surface area (Å²) in [5.74, 6) is -0.482. The van der Waals surface area contributed by atoms with Crippen LogP contribution < -0.4 is 5.32 Å². The first-order chi connectivity index (χ1) is 15.4. The van der Waals surface area contributed by atoms with E-state index in [1.165, 1.54) is 4.90 Å². The number of amides is 3. The number of morpholine rings is 1. The molecule has 7 heteroatoms. The second-order valence-corrected chi connectivity index (χ2v) is 9.89. The normalized spacial score (nSPS) is 26.0. The average Bonchev–Trinajstić information content (AvgIpc) is 3.05. The third kappa shape index (κ3) is 5.42. The fourth-order valence-electron chi connectivity index (χ4n) is 5.57. The number of allylic oxidation sites excluding steroid dienone is 2. The summed E-state index contributed by atoms with van der Waals surface area (Å²) in [5, 5.41) is 3.15. The van der Waals surface area contributed by atoms with E-state index in [9.17, 15) is 14.4 Å². The summed E-state index contributed by atoms with van der Waals surface area (Å²) < 4.78 is 5.53. The highest BCUT2D eigenvalue weighted by atomic mass is 16.5. The molecule has 0 saturated carbocycles. The molecule has 32 heavy (non-hydrogen) atoms. The first kappa shape index (κ1) is 24.9. The van der Waals surface area contributed by atoms with Crippen LogP contribution in [0.5, 0.6) is 0 Å². The van der Waals surface area contributed by atoms with Gasteiger partial charge in [-0.25, -0.2) is 0 Å². The summed E-state index contributed by atoms with van der Waals surface area (Å²) in [5.41, 5.74) is 0. The average molecular weight is 448 g/mol. The van der Waals surface area contributed by atoms with Gasteiger partial charge in [-0.05, 0) is 31.1 Å². The number of rotatable bonds is 10. The van der Waals surface area contributed by atoms with Crippen LogP contribution in [0.1, 0.15) is 59.8 Å². The predicted octanol–water partition coefficient (Wildman–Crippen LogP) is 2.61. The number of likely N-dealkylation sites (tertiary alicyclic amines) is 1. The predicted molar refractivity (Wildman–Crippen MR) is 124 cm³/mol. The molecular formula is C25H41N3O4. The third-order valence-corrected chi connectivity index (χ3v) is 7.44. The van der Waals surface area contributed by atoms with Crippen LogP contribution in [0, 0.1) is 23.7 Å². The fraction of sp³-hybridized carbons (Fsp3) is 0.800. The van der Waals surface area contributed by atoms with Crippen molar-refractivity contribution in [2.24, 2.45) is 23.7 Å². The third-order valence-electron chi connectivity index (χ3n) is 7.44. The number of nitrogens with zero attached hydrogens (tertiary/aromatic N) is 2. The van der Waals surface area contributed by atoms with Crippen molar-refractivity contribution in [2.75, 3.05) is 32.8 Å². The van der Waals surface area contributed by atoms with Gasteiger partial charge in [0.2, 0.25) is 17.7 Å². The number of nitrogens with one attached hydrogen (secondary N) is 1. The molecule has 0 radical (unpaired) electrons. The lowest BCUT2D eigenvalue weighted by molar-refractivity contribution is -0.148. The van der Waals surface area contributed by atoms with Crippen molar-refractivity contribution in [3.05, 3.63) is 12.2 Å². The van der Waals surface area contributed by atoms with Crippen molar-refractivity contribution < 1.29 is 19.1 Å². The van der Waals surface area contributed by atoms with E-state index in [1.807, 2.05) is 26.0 Å². The molecular weight excluding hydrogens is 406 g/mol. The summed E-state index contributed by atoms with van der Waals surface area (Å²) in [6, 6.07) is -0.498. The summed E-state index contributed by atoms with van der Waals surface area (Å²) in [7, 11) is 0. The standard InChI is InChI=1S/C25H41N3O4/c1-5-18(6-2)22(27-11-13-32-14-12-27)16-26-23(29)21(15-17(3)4)28-24(30)19-9-7-8-10-20(19)25(28)31/h7-8,17-22H,5-6,9-16H2,1-4H3,(H,26,29)/t19-,20-,21-,22-/m0/s1. The van der Waals surface area contributed by atoms with Crippen LogP contribution in [0.25, 0.3) is 0 Å². The van der Waals surface area contributed by atoms with Gasteiger partial charge in [0.15, 0.2) is 0 Å². The van der Waals surface area contributed by atoms with Gasteiger partial charge < -0.3 is 10.1 Å². The Morgan fingerprint density at radius 1 is 1.06 bits per heavy atom. The molecule has 3 amide bonds. The van der Waals surface area contributed by atoms with E-state index in [0.717, 1.165) is 25.9 Å². The number of carbonyl (C=O) groups excluding carboxylic acids is 3. The maximum absolute atomic E-state index is 13.4. The molecule has 7 nitrogen and oxygen atoms in total. The Hall–Kier alpha value is -1.73. The molecule has 2 fully saturated rings. The zero-order valence-corrected chi connectivity index (χ0v) is 20.2. The van der Waals surface area contributed by atoms with Crippen molar-refractivity contribution in [1.82, 2.24) is 15.1 Å². The van der Waals surface area contributed by atoms with E-state index in [4.69, 9.17) is 4.74 Å². The van der Waals surface area contributed by atoms with Gasteiger partial charge in [-0.2, -0.15) is 0 Å². The highest BCUT2D eigenvalue weighted by Crippen LogP contribution is 2.37. The van der Waals surface area contributed by atoms with E-state index < -0.39 is 6.04 Å². The Kier molecular flexibility index (Phi) is 8.88. The lowest BCUT2D eigenvalue weighted by Crippen LogP contribution is -2.55. The fourth-order valence-corrected chi connectivity index (χ4v) is 5.57. The minimum absolute atomic E-state index is 0.171. The first-order valence-electron chi connectivity index (χ1n) is 12.5. The van der Waals surface area contributed by atoms with Gasteiger partial charge in [0.1, 0.15) is 6.04 Å². The molecule has 2 saturated heterocycles. The van der Waals surface area contributed by atoms with Crippen molar-refractivity contribution in [3.63, 3.8) is 0 Å². The van der Waals surface area contributed by atoms with Gasteiger partial charge in [-0.15, -0.1) is 0 Å². The van der Waals surface area contributed by atoms with E-state index in [2.05, 4.69) is 24.1 Å². The van der Waals surface area contributed by atoms with Crippen LogP contribution in [0.2, 0.25) is 0 Å². The number of ether oxygens (including phenoxy) is 1. The molecule has 0 unspecified atom stereocenters. The van der Waals surface area contributed by atoms with E-state index in [1.54, 1.807) is 0 Å². The monoisotopic (exact) mass is 447 g/mol. The molecule has 1 N–H and O–H groups in total. The molecule has 0 aromatic carbocycles. The molecule has 2 heterocycles.